The molecule has 0 saturated carbocycles. The molecule has 1 aromatic rings. The molecule has 0 aliphatic carbocycles. The summed E-state index contributed by atoms with van der Waals surface area (Å²) < 4.78 is 0. The molecule has 0 spiro atoms. The van der Waals surface area contributed by atoms with Crippen molar-refractivity contribution in [2.75, 3.05) is 0 Å². The van der Waals surface area contributed by atoms with Crippen LogP contribution >= 0.6 is 0 Å². The summed E-state index contributed by atoms with van der Waals surface area (Å²) in [5.74, 6) is 0.647. The van der Waals surface area contributed by atoms with Crippen LogP contribution in [0.3, 0.4) is 0 Å². The molecule has 0 N–H and O–H groups in total. The molecule has 0 aliphatic heterocycles. The van der Waals surface area contributed by atoms with Gasteiger partial charge in [-0.1, -0.05) is 59.7 Å². The Morgan fingerprint density at radius 1 is 0.800 bits per heavy atom. The predicted molar refractivity (Wildman–Crippen MR) is 72.7 cm³/mol. The van der Waals surface area contributed by atoms with Crippen molar-refractivity contribution in [2.45, 2.75) is 61.3 Å². The highest BCUT2D eigenvalue weighted by atomic mass is 14.0. The van der Waals surface area contributed by atoms with E-state index in [1.165, 1.54) is 16.7 Å². The van der Waals surface area contributed by atoms with E-state index in [0.717, 1.165) is 0 Å². The zero-order valence-corrected chi connectivity index (χ0v) is 11.8. The number of hydrogen-bond donors (Lipinski definition) is 0. The van der Waals surface area contributed by atoms with E-state index in [4.69, 9.17) is 0 Å². The van der Waals surface area contributed by atoms with Gasteiger partial charge in [-0.25, -0.2) is 0 Å². The summed E-state index contributed by atoms with van der Waals surface area (Å²) in [5, 5.41) is 0. The fourth-order valence-corrected chi connectivity index (χ4v) is 1.12. The minimum atomic E-state index is 0.647. The molecule has 0 heteroatoms. The lowest BCUT2D eigenvalue weighted by atomic mass is 9.99. The van der Waals surface area contributed by atoms with E-state index < -0.39 is 0 Å². The third kappa shape index (κ3) is 6.33. The zero-order valence-electron chi connectivity index (χ0n) is 11.8. The Bertz CT molecular complexity index is 246. The Morgan fingerprint density at radius 2 is 1.27 bits per heavy atom. The second-order valence-electron chi connectivity index (χ2n) is 3.50. The van der Waals surface area contributed by atoms with Gasteiger partial charge in [-0.15, -0.1) is 0 Å². The van der Waals surface area contributed by atoms with Crippen LogP contribution in [0.1, 0.15) is 64.2 Å². The molecule has 0 heterocycles. The van der Waals surface area contributed by atoms with Crippen molar-refractivity contribution >= 4 is 0 Å². The van der Waals surface area contributed by atoms with E-state index >= 15 is 0 Å². The van der Waals surface area contributed by atoms with Crippen molar-refractivity contribution in [1.82, 2.24) is 0 Å². The van der Waals surface area contributed by atoms with Crippen molar-refractivity contribution in [2.24, 2.45) is 0 Å². The van der Waals surface area contributed by atoms with Gasteiger partial charge >= 0.3 is 0 Å². The molecule has 88 valence electrons. The molecule has 15 heavy (non-hydrogen) atoms. The summed E-state index contributed by atoms with van der Waals surface area (Å²) in [7, 11) is 0. The van der Waals surface area contributed by atoms with E-state index in [1.807, 2.05) is 27.7 Å². The van der Waals surface area contributed by atoms with Crippen LogP contribution in [0.4, 0.5) is 0 Å². The molecule has 0 aromatic heterocycles. The summed E-state index contributed by atoms with van der Waals surface area (Å²) in [6.07, 6.45) is 0. The van der Waals surface area contributed by atoms with Crippen molar-refractivity contribution in [1.29, 1.82) is 0 Å². The van der Waals surface area contributed by atoms with Crippen molar-refractivity contribution < 1.29 is 0 Å². The van der Waals surface area contributed by atoms with Crippen LogP contribution in [-0.4, -0.2) is 0 Å². The second kappa shape index (κ2) is 9.76. The zero-order chi connectivity index (χ0) is 12.4. The van der Waals surface area contributed by atoms with Crippen LogP contribution in [0.15, 0.2) is 18.2 Å². The summed E-state index contributed by atoms with van der Waals surface area (Å²) in [6, 6.07) is 6.69. The Hall–Kier alpha value is -0.780. The SMILES string of the molecule is CC.CC.Cc1ccc(C(C)C)cc1C. The van der Waals surface area contributed by atoms with Crippen LogP contribution < -0.4 is 0 Å². The maximum absolute atomic E-state index is 2.28. The molecular weight excluding hydrogens is 180 g/mol. The maximum atomic E-state index is 2.28. The van der Waals surface area contributed by atoms with Crippen LogP contribution in [0.2, 0.25) is 0 Å². The van der Waals surface area contributed by atoms with Crippen LogP contribution in [0.5, 0.6) is 0 Å². The van der Waals surface area contributed by atoms with Gasteiger partial charge in [-0.3, -0.25) is 0 Å². The van der Waals surface area contributed by atoms with E-state index in [1.54, 1.807) is 0 Å². The Morgan fingerprint density at radius 3 is 1.60 bits per heavy atom. The highest BCUT2D eigenvalue weighted by Crippen LogP contribution is 2.17. The standard InChI is InChI=1S/C11H16.2C2H6/c1-8(2)11-6-5-9(3)10(4)7-11;2*1-2/h5-8H,1-4H3;2*1-2H3. The van der Waals surface area contributed by atoms with Gasteiger partial charge in [-0.05, 0) is 36.5 Å². The first-order valence-electron chi connectivity index (χ1n) is 6.18. The Labute approximate surface area is 96.7 Å². The molecular formula is C15H28. The van der Waals surface area contributed by atoms with E-state index in [0.29, 0.717) is 5.92 Å². The summed E-state index contributed by atoms with van der Waals surface area (Å²) >= 11 is 0. The third-order valence-corrected chi connectivity index (χ3v) is 2.20. The number of hydrogen-bond acceptors (Lipinski definition) is 0. The van der Waals surface area contributed by atoms with Crippen LogP contribution in [0.25, 0.3) is 0 Å². The lowest BCUT2D eigenvalue weighted by Crippen LogP contribution is -1.89. The summed E-state index contributed by atoms with van der Waals surface area (Å²) in [6.45, 7) is 16.8. The van der Waals surface area contributed by atoms with Gasteiger partial charge < -0.3 is 0 Å². The normalized spacial score (nSPS) is 8.60. The first-order chi connectivity index (χ1) is 7.11. The number of benzene rings is 1. The minimum Gasteiger partial charge on any atom is -0.0683 e. The highest BCUT2D eigenvalue weighted by Gasteiger charge is 1.99. The molecule has 0 atom stereocenters. The smallest absolute Gasteiger partial charge is 0.0219 e. The van der Waals surface area contributed by atoms with Gasteiger partial charge in [0, 0.05) is 0 Å². The average Bonchev–Trinajstić information content (AvgIpc) is 2.27. The molecule has 0 nitrogen and oxygen atoms in total. The van der Waals surface area contributed by atoms with Crippen molar-refractivity contribution in [3.05, 3.63) is 34.9 Å². The van der Waals surface area contributed by atoms with E-state index in [2.05, 4.69) is 45.9 Å². The monoisotopic (exact) mass is 208 g/mol. The number of rotatable bonds is 1. The first kappa shape index (κ1) is 16.6. The minimum absolute atomic E-state index is 0.647. The van der Waals surface area contributed by atoms with Crippen molar-refractivity contribution in [3.8, 4) is 0 Å². The maximum Gasteiger partial charge on any atom is -0.0219 e. The van der Waals surface area contributed by atoms with E-state index in [-0.39, 0.29) is 0 Å². The van der Waals surface area contributed by atoms with E-state index in [9.17, 15) is 0 Å². The summed E-state index contributed by atoms with van der Waals surface area (Å²) in [5.41, 5.74) is 4.22. The van der Waals surface area contributed by atoms with Gasteiger partial charge in [0.2, 0.25) is 0 Å². The Balaban J connectivity index is 0. The van der Waals surface area contributed by atoms with Gasteiger partial charge in [0.05, 0.1) is 0 Å². The molecule has 0 unspecified atom stereocenters. The van der Waals surface area contributed by atoms with Crippen LogP contribution in [-0.2, 0) is 0 Å². The van der Waals surface area contributed by atoms with Gasteiger partial charge in [0.15, 0.2) is 0 Å². The molecule has 0 bridgehead atoms. The summed E-state index contributed by atoms with van der Waals surface area (Å²) in [4.78, 5) is 0. The van der Waals surface area contributed by atoms with Crippen molar-refractivity contribution in [3.63, 3.8) is 0 Å². The van der Waals surface area contributed by atoms with Crippen LogP contribution in [0, 0.1) is 13.8 Å². The largest absolute Gasteiger partial charge is 0.0683 e. The molecule has 1 rings (SSSR count). The fraction of sp³-hybridized carbons (Fsp3) is 0.600. The molecule has 0 amide bonds. The molecule has 0 saturated heterocycles. The number of aryl methyl sites for hydroxylation is 2. The lowest BCUT2D eigenvalue weighted by Gasteiger charge is -2.07. The molecule has 1 aromatic carbocycles. The molecule has 0 radical (unpaired) electrons. The molecule has 0 fully saturated rings. The quantitative estimate of drug-likeness (QED) is 0.573. The van der Waals surface area contributed by atoms with Gasteiger partial charge in [0.1, 0.15) is 0 Å². The van der Waals surface area contributed by atoms with Gasteiger partial charge in [-0.2, -0.15) is 0 Å². The molecule has 0 aliphatic rings. The average molecular weight is 208 g/mol. The Kier molecular flexibility index (Phi) is 10.8. The first-order valence-corrected chi connectivity index (χ1v) is 6.18. The lowest BCUT2D eigenvalue weighted by molar-refractivity contribution is 0.864. The predicted octanol–water partition coefficient (Wildman–Crippen LogP) is 5.48. The third-order valence-electron chi connectivity index (χ3n) is 2.20. The van der Waals surface area contributed by atoms with Gasteiger partial charge in [0.25, 0.3) is 0 Å². The topological polar surface area (TPSA) is 0 Å². The second-order valence-corrected chi connectivity index (χ2v) is 3.50. The highest BCUT2D eigenvalue weighted by molar-refractivity contribution is 5.31. The fourth-order valence-electron chi connectivity index (χ4n) is 1.12.